The lowest BCUT2D eigenvalue weighted by Gasteiger charge is -2.15. The summed E-state index contributed by atoms with van der Waals surface area (Å²) in [6.45, 7) is 2.43. The van der Waals surface area contributed by atoms with Crippen molar-refractivity contribution in [2.75, 3.05) is 19.0 Å². The first-order valence-corrected chi connectivity index (χ1v) is 4.58. The van der Waals surface area contributed by atoms with Crippen molar-refractivity contribution < 1.29 is 14.6 Å². The summed E-state index contributed by atoms with van der Waals surface area (Å²) in [7, 11) is 1.60. The van der Waals surface area contributed by atoms with Gasteiger partial charge in [-0.2, -0.15) is 0 Å². The lowest BCUT2D eigenvalue weighted by Crippen LogP contribution is -2.22. The quantitative estimate of drug-likeness (QED) is 0.764. The van der Waals surface area contributed by atoms with E-state index in [-0.39, 0.29) is 11.6 Å². The SMILES string of the molecule is COCC(C)Nc1ccncc1C(=O)O. The van der Waals surface area contributed by atoms with E-state index >= 15 is 0 Å². The number of aromatic nitrogens is 1. The molecule has 5 heteroatoms. The molecular formula is C10H14N2O3. The molecule has 1 heterocycles. The molecule has 2 N–H and O–H groups in total. The van der Waals surface area contributed by atoms with Crippen LogP contribution in [0, 0.1) is 0 Å². The van der Waals surface area contributed by atoms with Gasteiger partial charge >= 0.3 is 5.97 Å². The van der Waals surface area contributed by atoms with Crippen LogP contribution in [0.1, 0.15) is 17.3 Å². The van der Waals surface area contributed by atoms with Gasteiger partial charge in [-0.05, 0) is 13.0 Å². The molecule has 1 aromatic rings. The standard InChI is InChI=1S/C10H14N2O3/c1-7(6-15-2)12-9-3-4-11-5-8(9)10(13)14/h3-5,7H,6H2,1-2H3,(H,11,12)(H,13,14). The van der Waals surface area contributed by atoms with Crippen LogP contribution in [-0.2, 0) is 4.74 Å². The van der Waals surface area contributed by atoms with E-state index in [4.69, 9.17) is 9.84 Å². The highest BCUT2D eigenvalue weighted by Gasteiger charge is 2.11. The van der Waals surface area contributed by atoms with Gasteiger partial charge in [0.05, 0.1) is 12.3 Å². The minimum Gasteiger partial charge on any atom is -0.478 e. The van der Waals surface area contributed by atoms with Gasteiger partial charge in [0.15, 0.2) is 0 Å². The molecule has 0 aliphatic heterocycles. The topological polar surface area (TPSA) is 71.5 Å². The van der Waals surface area contributed by atoms with E-state index in [1.54, 1.807) is 19.4 Å². The first-order chi connectivity index (χ1) is 7.15. The fraction of sp³-hybridized carbons (Fsp3) is 0.400. The number of carboxylic acid groups (broad SMARTS) is 1. The Labute approximate surface area is 88.1 Å². The maximum Gasteiger partial charge on any atom is 0.339 e. The fourth-order valence-corrected chi connectivity index (χ4v) is 1.25. The maximum absolute atomic E-state index is 10.8. The Bertz CT molecular complexity index is 341. The molecule has 5 nitrogen and oxygen atoms in total. The van der Waals surface area contributed by atoms with Crippen molar-refractivity contribution in [3.63, 3.8) is 0 Å². The first-order valence-electron chi connectivity index (χ1n) is 4.58. The number of methoxy groups -OCH3 is 1. The van der Waals surface area contributed by atoms with E-state index in [0.717, 1.165) is 0 Å². The summed E-state index contributed by atoms with van der Waals surface area (Å²) in [6, 6.07) is 1.69. The van der Waals surface area contributed by atoms with Crippen LogP contribution in [0.15, 0.2) is 18.5 Å². The Kier molecular flexibility index (Phi) is 4.05. The molecule has 1 rings (SSSR count). The van der Waals surface area contributed by atoms with Crippen molar-refractivity contribution in [2.45, 2.75) is 13.0 Å². The van der Waals surface area contributed by atoms with E-state index in [0.29, 0.717) is 12.3 Å². The van der Waals surface area contributed by atoms with Crippen LogP contribution >= 0.6 is 0 Å². The third kappa shape index (κ3) is 3.21. The number of nitrogens with zero attached hydrogens (tertiary/aromatic N) is 1. The molecular weight excluding hydrogens is 196 g/mol. The zero-order chi connectivity index (χ0) is 11.3. The van der Waals surface area contributed by atoms with E-state index in [9.17, 15) is 4.79 Å². The molecule has 0 saturated carbocycles. The second kappa shape index (κ2) is 5.31. The van der Waals surface area contributed by atoms with Crippen LogP contribution in [0.25, 0.3) is 0 Å². The number of hydrogen-bond donors (Lipinski definition) is 2. The number of pyridine rings is 1. The Morgan fingerprint density at radius 3 is 3.07 bits per heavy atom. The van der Waals surface area contributed by atoms with Crippen molar-refractivity contribution in [1.82, 2.24) is 4.98 Å². The first kappa shape index (κ1) is 11.5. The van der Waals surface area contributed by atoms with E-state index in [1.807, 2.05) is 6.92 Å². The summed E-state index contributed by atoms with van der Waals surface area (Å²) in [5.74, 6) is -0.991. The summed E-state index contributed by atoms with van der Waals surface area (Å²) in [4.78, 5) is 14.6. The van der Waals surface area contributed by atoms with Crippen LogP contribution in [0.3, 0.4) is 0 Å². The number of ether oxygens (including phenoxy) is 1. The largest absolute Gasteiger partial charge is 0.478 e. The number of anilines is 1. The van der Waals surface area contributed by atoms with Gasteiger partial charge in [-0.1, -0.05) is 0 Å². The maximum atomic E-state index is 10.8. The normalized spacial score (nSPS) is 12.1. The third-order valence-electron chi connectivity index (χ3n) is 1.87. The molecule has 0 spiro atoms. The zero-order valence-electron chi connectivity index (χ0n) is 8.73. The molecule has 1 aromatic heterocycles. The minimum absolute atomic E-state index is 0.0514. The molecule has 0 fully saturated rings. The summed E-state index contributed by atoms with van der Waals surface area (Å²) in [5.41, 5.74) is 0.725. The number of carbonyl (C=O) groups is 1. The molecule has 15 heavy (non-hydrogen) atoms. The molecule has 0 aliphatic rings. The highest BCUT2D eigenvalue weighted by atomic mass is 16.5. The Hall–Kier alpha value is -1.62. The fourth-order valence-electron chi connectivity index (χ4n) is 1.25. The molecule has 0 saturated heterocycles. The Morgan fingerprint density at radius 2 is 2.47 bits per heavy atom. The smallest absolute Gasteiger partial charge is 0.339 e. The number of hydrogen-bond acceptors (Lipinski definition) is 4. The lowest BCUT2D eigenvalue weighted by atomic mass is 10.2. The highest BCUT2D eigenvalue weighted by Crippen LogP contribution is 2.14. The predicted octanol–water partition coefficient (Wildman–Crippen LogP) is 1.23. The van der Waals surface area contributed by atoms with Crippen LogP contribution in [-0.4, -0.2) is 35.8 Å². The molecule has 0 aromatic carbocycles. The lowest BCUT2D eigenvalue weighted by molar-refractivity contribution is 0.0697. The Balaban J connectivity index is 2.79. The second-order valence-electron chi connectivity index (χ2n) is 3.23. The minimum atomic E-state index is -0.991. The summed E-state index contributed by atoms with van der Waals surface area (Å²) < 4.78 is 4.95. The molecule has 0 bridgehead atoms. The van der Waals surface area contributed by atoms with Crippen LogP contribution in [0.5, 0.6) is 0 Å². The van der Waals surface area contributed by atoms with E-state index in [1.165, 1.54) is 6.20 Å². The number of aromatic carboxylic acids is 1. The highest BCUT2D eigenvalue weighted by molar-refractivity contribution is 5.93. The van der Waals surface area contributed by atoms with E-state index in [2.05, 4.69) is 10.3 Å². The third-order valence-corrected chi connectivity index (χ3v) is 1.87. The van der Waals surface area contributed by atoms with Gasteiger partial charge < -0.3 is 15.2 Å². The van der Waals surface area contributed by atoms with Gasteiger partial charge in [0, 0.05) is 25.5 Å². The van der Waals surface area contributed by atoms with Crippen molar-refractivity contribution >= 4 is 11.7 Å². The van der Waals surface area contributed by atoms with Gasteiger partial charge in [-0.15, -0.1) is 0 Å². The van der Waals surface area contributed by atoms with Gasteiger partial charge in [0.25, 0.3) is 0 Å². The van der Waals surface area contributed by atoms with Crippen molar-refractivity contribution in [3.8, 4) is 0 Å². The summed E-state index contributed by atoms with van der Waals surface area (Å²) in [5, 5.41) is 11.9. The average molecular weight is 210 g/mol. The monoisotopic (exact) mass is 210 g/mol. The summed E-state index contributed by atoms with van der Waals surface area (Å²) in [6.07, 6.45) is 2.87. The number of carboxylic acids is 1. The van der Waals surface area contributed by atoms with Crippen molar-refractivity contribution in [1.29, 1.82) is 0 Å². The van der Waals surface area contributed by atoms with Crippen LogP contribution < -0.4 is 5.32 Å². The molecule has 82 valence electrons. The molecule has 0 radical (unpaired) electrons. The van der Waals surface area contributed by atoms with Gasteiger partial charge in [0.2, 0.25) is 0 Å². The summed E-state index contributed by atoms with van der Waals surface area (Å²) >= 11 is 0. The van der Waals surface area contributed by atoms with Gasteiger partial charge in [-0.25, -0.2) is 4.79 Å². The van der Waals surface area contributed by atoms with Crippen LogP contribution in [0.4, 0.5) is 5.69 Å². The number of nitrogens with one attached hydrogen (secondary N) is 1. The molecule has 1 atom stereocenters. The number of rotatable bonds is 5. The zero-order valence-corrected chi connectivity index (χ0v) is 8.73. The van der Waals surface area contributed by atoms with E-state index < -0.39 is 5.97 Å². The van der Waals surface area contributed by atoms with Crippen molar-refractivity contribution in [3.05, 3.63) is 24.0 Å². The molecule has 0 aliphatic carbocycles. The second-order valence-corrected chi connectivity index (χ2v) is 3.23. The Morgan fingerprint density at radius 1 is 1.73 bits per heavy atom. The van der Waals surface area contributed by atoms with Gasteiger partial charge in [0.1, 0.15) is 5.56 Å². The molecule has 1 unspecified atom stereocenters. The van der Waals surface area contributed by atoms with Gasteiger partial charge in [-0.3, -0.25) is 4.98 Å². The van der Waals surface area contributed by atoms with Crippen LogP contribution in [0.2, 0.25) is 0 Å². The molecule has 0 amide bonds. The predicted molar refractivity (Wildman–Crippen MR) is 56.2 cm³/mol. The van der Waals surface area contributed by atoms with Crippen molar-refractivity contribution in [2.24, 2.45) is 0 Å². The average Bonchev–Trinajstić information content (AvgIpc) is 2.18.